The van der Waals surface area contributed by atoms with Gasteiger partial charge in [0, 0.05) is 0 Å². The van der Waals surface area contributed by atoms with Crippen LogP contribution >= 0.6 is 0 Å². The van der Waals surface area contributed by atoms with Crippen molar-refractivity contribution in [3.05, 3.63) is 128 Å². The third-order valence-electron chi connectivity index (χ3n) is 5.19. The zero-order valence-electron chi connectivity index (χ0n) is 17.8. The van der Waals surface area contributed by atoms with Crippen LogP contribution in [0.1, 0.15) is 34.6 Å². The van der Waals surface area contributed by atoms with Crippen LogP contribution in [0.15, 0.2) is 94.5 Å². The van der Waals surface area contributed by atoms with Crippen LogP contribution in [0, 0.1) is 5.82 Å². The van der Waals surface area contributed by atoms with Crippen molar-refractivity contribution in [3.8, 4) is 5.69 Å². The van der Waals surface area contributed by atoms with E-state index in [1.54, 1.807) is 37.3 Å². The van der Waals surface area contributed by atoms with E-state index in [2.05, 4.69) is 10.4 Å². The molecule has 0 unspecified atom stereocenters. The van der Waals surface area contributed by atoms with Crippen LogP contribution in [0.25, 0.3) is 5.69 Å². The first-order valence-corrected chi connectivity index (χ1v) is 10.3. The molecule has 0 bridgehead atoms. The molecule has 4 aromatic rings. The predicted molar refractivity (Wildman–Crippen MR) is 122 cm³/mol. The summed E-state index contributed by atoms with van der Waals surface area (Å²) in [6.07, 6.45) is 0. The molecule has 1 atom stereocenters. The zero-order chi connectivity index (χ0) is 23.4. The van der Waals surface area contributed by atoms with Gasteiger partial charge in [0.25, 0.3) is 11.5 Å². The molecule has 0 fully saturated rings. The summed E-state index contributed by atoms with van der Waals surface area (Å²) in [5.41, 5.74) is -0.855. The van der Waals surface area contributed by atoms with Crippen LogP contribution in [-0.2, 0) is 6.54 Å². The summed E-state index contributed by atoms with van der Waals surface area (Å²) in [6.45, 7) is 1.67. The van der Waals surface area contributed by atoms with Gasteiger partial charge in [0.15, 0.2) is 0 Å². The largest absolute Gasteiger partial charge is 0.352 e. The number of halogens is 1. The number of para-hydroxylation sites is 1. The van der Waals surface area contributed by atoms with Gasteiger partial charge < -0.3 is 5.32 Å². The standard InChI is InChI=1S/C25H21FN4O3/c1-17(19-12-6-3-7-13-19)27-23(31)22-24(32)29(16-18-10-4-2-5-11-18)25(33)30(28-22)21-15-9-8-14-20(21)26/h2-15,17H,16H2,1H3,(H,27,31)/t17-/m1/s1. The van der Waals surface area contributed by atoms with Crippen molar-refractivity contribution in [2.75, 3.05) is 0 Å². The molecule has 0 saturated heterocycles. The summed E-state index contributed by atoms with van der Waals surface area (Å²) < 4.78 is 16.1. The van der Waals surface area contributed by atoms with E-state index in [1.807, 2.05) is 30.3 Å². The maximum absolute atomic E-state index is 14.5. The van der Waals surface area contributed by atoms with Crippen molar-refractivity contribution in [1.82, 2.24) is 19.7 Å². The van der Waals surface area contributed by atoms with E-state index in [4.69, 9.17) is 0 Å². The Morgan fingerprint density at radius 2 is 1.55 bits per heavy atom. The van der Waals surface area contributed by atoms with Crippen LogP contribution in [0.5, 0.6) is 0 Å². The van der Waals surface area contributed by atoms with Gasteiger partial charge in [-0.25, -0.2) is 9.18 Å². The number of rotatable bonds is 6. The van der Waals surface area contributed by atoms with Crippen molar-refractivity contribution >= 4 is 5.91 Å². The molecule has 0 radical (unpaired) electrons. The van der Waals surface area contributed by atoms with Crippen LogP contribution in [0.2, 0.25) is 0 Å². The van der Waals surface area contributed by atoms with Crippen molar-refractivity contribution < 1.29 is 9.18 Å². The summed E-state index contributed by atoms with van der Waals surface area (Å²) in [4.78, 5) is 39.3. The van der Waals surface area contributed by atoms with Crippen molar-refractivity contribution in [2.45, 2.75) is 19.5 Å². The van der Waals surface area contributed by atoms with Crippen LogP contribution < -0.4 is 16.6 Å². The van der Waals surface area contributed by atoms with Crippen molar-refractivity contribution in [1.29, 1.82) is 0 Å². The second-order valence-electron chi connectivity index (χ2n) is 7.48. The normalized spacial score (nSPS) is 11.7. The lowest BCUT2D eigenvalue weighted by molar-refractivity contribution is 0.0930. The molecule has 0 aliphatic heterocycles. The average molecular weight is 444 g/mol. The molecule has 1 N–H and O–H groups in total. The van der Waals surface area contributed by atoms with Gasteiger partial charge >= 0.3 is 5.69 Å². The quantitative estimate of drug-likeness (QED) is 0.495. The van der Waals surface area contributed by atoms with E-state index in [0.717, 1.165) is 14.8 Å². The molecule has 33 heavy (non-hydrogen) atoms. The number of hydrogen-bond donors (Lipinski definition) is 1. The number of carbonyl (C=O) groups is 1. The number of nitrogens with zero attached hydrogens (tertiary/aromatic N) is 3. The van der Waals surface area contributed by atoms with Gasteiger partial charge in [0.2, 0.25) is 5.69 Å². The van der Waals surface area contributed by atoms with Gasteiger partial charge in [-0.3, -0.25) is 14.2 Å². The first kappa shape index (κ1) is 21.9. The molecule has 7 nitrogen and oxygen atoms in total. The van der Waals surface area contributed by atoms with Gasteiger partial charge in [-0.1, -0.05) is 72.8 Å². The SMILES string of the molecule is C[C@@H](NC(=O)c1nn(-c2ccccc2F)c(=O)n(Cc2ccccc2)c1=O)c1ccccc1. The number of hydrogen-bond acceptors (Lipinski definition) is 4. The molecule has 4 rings (SSSR count). The molecule has 0 aliphatic carbocycles. The number of amides is 1. The first-order chi connectivity index (χ1) is 16.0. The van der Waals surface area contributed by atoms with Crippen LogP contribution in [0.4, 0.5) is 4.39 Å². The lowest BCUT2D eigenvalue weighted by atomic mass is 10.1. The number of aromatic nitrogens is 3. The fraction of sp³-hybridized carbons (Fsp3) is 0.120. The van der Waals surface area contributed by atoms with E-state index in [0.29, 0.717) is 5.56 Å². The second kappa shape index (κ2) is 9.44. The Hall–Kier alpha value is -4.33. The highest BCUT2D eigenvalue weighted by Crippen LogP contribution is 2.12. The Bertz CT molecular complexity index is 1400. The maximum Gasteiger partial charge on any atom is 0.352 e. The number of benzene rings is 3. The van der Waals surface area contributed by atoms with Crippen LogP contribution in [0.3, 0.4) is 0 Å². The number of carbonyl (C=O) groups excluding carboxylic acids is 1. The van der Waals surface area contributed by atoms with Gasteiger partial charge in [-0.15, -0.1) is 0 Å². The van der Waals surface area contributed by atoms with E-state index in [1.165, 1.54) is 24.3 Å². The average Bonchev–Trinajstić information content (AvgIpc) is 2.83. The highest BCUT2D eigenvalue weighted by molar-refractivity contribution is 5.92. The molecule has 1 aromatic heterocycles. The second-order valence-corrected chi connectivity index (χ2v) is 7.48. The molecule has 8 heteroatoms. The Morgan fingerprint density at radius 3 is 2.21 bits per heavy atom. The smallest absolute Gasteiger partial charge is 0.344 e. The Kier molecular flexibility index (Phi) is 6.26. The summed E-state index contributed by atoms with van der Waals surface area (Å²) in [6, 6.07) is 23.2. The molecule has 3 aromatic carbocycles. The lowest BCUT2D eigenvalue weighted by Gasteiger charge is -2.16. The van der Waals surface area contributed by atoms with E-state index >= 15 is 0 Å². The van der Waals surface area contributed by atoms with Gasteiger partial charge in [0.05, 0.1) is 12.6 Å². The van der Waals surface area contributed by atoms with Gasteiger partial charge in [-0.05, 0) is 30.2 Å². The highest BCUT2D eigenvalue weighted by atomic mass is 19.1. The van der Waals surface area contributed by atoms with Gasteiger partial charge in [0.1, 0.15) is 11.5 Å². The molecule has 0 saturated carbocycles. The van der Waals surface area contributed by atoms with Crippen molar-refractivity contribution in [2.24, 2.45) is 0 Å². The van der Waals surface area contributed by atoms with Crippen molar-refractivity contribution in [3.63, 3.8) is 0 Å². The lowest BCUT2D eigenvalue weighted by Crippen LogP contribution is -2.46. The van der Waals surface area contributed by atoms with Crippen LogP contribution in [-0.4, -0.2) is 20.3 Å². The minimum absolute atomic E-state index is 0.0933. The first-order valence-electron chi connectivity index (χ1n) is 10.3. The highest BCUT2D eigenvalue weighted by Gasteiger charge is 2.23. The third kappa shape index (κ3) is 4.64. The molecule has 1 amide bonds. The monoisotopic (exact) mass is 444 g/mol. The summed E-state index contributed by atoms with van der Waals surface area (Å²) in [7, 11) is 0. The third-order valence-corrected chi connectivity index (χ3v) is 5.19. The fourth-order valence-electron chi connectivity index (χ4n) is 3.43. The minimum atomic E-state index is -0.853. The predicted octanol–water partition coefficient (Wildman–Crippen LogP) is 3.07. The molecule has 0 spiro atoms. The Balaban J connectivity index is 1.82. The van der Waals surface area contributed by atoms with E-state index in [-0.39, 0.29) is 12.2 Å². The maximum atomic E-state index is 14.5. The molecule has 166 valence electrons. The molecule has 0 aliphatic rings. The Labute approximate surface area is 188 Å². The van der Waals surface area contributed by atoms with Gasteiger partial charge in [-0.2, -0.15) is 9.78 Å². The summed E-state index contributed by atoms with van der Waals surface area (Å²) in [5, 5.41) is 6.70. The fourth-order valence-corrected chi connectivity index (χ4v) is 3.43. The molecular weight excluding hydrogens is 423 g/mol. The Morgan fingerprint density at radius 1 is 0.939 bits per heavy atom. The summed E-state index contributed by atoms with van der Waals surface area (Å²) in [5.74, 6) is -1.47. The topological polar surface area (TPSA) is 86.0 Å². The molecular formula is C25H21FN4O3. The number of nitrogens with one attached hydrogen (secondary N) is 1. The molecule has 1 heterocycles. The van der Waals surface area contributed by atoms with E-state index in [9.17, 15) is 18.8 Å². The zero-order valence-corrected chi connectivity index (χ0v) is 17.8. The summed E-state index contributed by atoms with van der Waals surface area (Å²) >= 11 is 0. The minimum Gasteiger partial charge on any atom is -0.344 e. The van der Waals surface area contributed by atoms with E-state index < -0.39 is 34.7 Å².